The second-order valence-electron chi connectivity index (χ2n) is 6.43. The summed E-state index contributed by atoms with van der Waals surface area (Å²) in [5.41, 5.74) is 2.35. The van der Waals surface area contributed by atoms with Gasteiger partial charge in [-0.15, -0.1) is 10.2 Å². The van der Waals surface area contributed by atoms with E-state index in [1.165, 1.54) is 0 Å². The lowest BCUT2D eigenvalue weighted by Crippen LogP contribution is -2.40. The van der Waals surface area contributed by atoms with E-state index in [9.17, 15) is 4.79 Å². The summed E-state index contributed by atoms with van der Waals surface area (Å²) in [6.45, 7) is 2.99. The molecule has 1 fully saturated rings. The molecule has 0 bridgehead atoms. The van der Waals surface area contributed by atoms with Gasteiger partial charge in [-0.1, -0.05) is 5.16 Å². The number of nitrogens with one attached hydrogen (secondary N) is 1. The molecular formula is C18H19N5O3. The Bertz CT molecular complexity index is 873. The van der Waals surface area contributed by atoms with Crippen LogP contribution in [0.3, 0.4) is 0 Å². The zero-order valence-corrected chi connectivity index (χ0v) is 14.3. The molecule has 1 amide bonds. The maximum Gasteiger partial charge on any atom is 0.251 e. The highest BCUT2D eigenvalue weighted by Gasteiger charge is 2.31. The second kappa shape index (κ2) is 7.09. The van der Waals surface area contributed by atoms with Crippen molar-refractivity contribution < 1.29 is 14.1 Å². The summed E-state index contributed by atoms with van der Waals surface area (Å²) in [6, 6.07) is 9.16. The van der Waals surface area contributed by atoms with Gasteiger partial charge in [-0.25, -0.2) is 0 Å². The topological polar surface area (TPSA) is 95.1 Å². The van der Waals surface area contributed by atoms with Crippen molar-refractivity contribution in [2.75, 3.05) is 13.2 Å². The highest BCUT2D eigenvalue weighted by molar-refractivity contribution is 5.94. The Labute approximate surface area is 150 Å². The summed E-state index contributed by atoms with van der Waals surface area (Å²) in [4.78, 5) is 12.6. The smallest absolute Gasteiger partial charge is 0.251 e. The zero-order valence-electron chi connectivity index (χ0n) is 14.3. The number of hydrogen-bond acceptors (Lipinski definition) is 6. The molecule has 0 spiro atoms. The largest absolute Gasteiger partial charge is 0.379 e. The molecule has 4 rings (SSSR count). The van der Waals surface area contributed by atoms with Gasteiger partial charge in [-0.2, -0.15) is 0 Å². The Morgan fingerprint density at radius 3 is 2.69 bits per heavy atom. The van der Waals surface area contributed by atoms with Gasteiger partial charge in [0.15, 0.2) is 0 Å². The van der Waals surface area contributed by atoms with Gasteiger partial charge in [0, 0.05) is 29.7 Å². The third-order valence-electron chi connectivity index (χ3n) is 4.50. The van der Waals surface area contributed by atoms with Crippen molar-refractivity contribution in [1.82, 2.24) is 25.2 Å². The molecular weight excluding hydrogens is 334 g/mol. The van der Waals surface area contributed by atoms with E-state index in [4.69, 9.17) is 9.26 Å². The maximum absolute atomic E-state index is 12.6. The molecule has 134 valence electrons. The fraction of sp³-hybridized carbons (Fsp3) is 0.333. The van der Waals surface area contributed by atoms with Crippen LogP contribution in [0.25, 0.3) is 5.69 Å². The Kier molecular flexibility index (Phi) is 4.49. The molecule has 8 nitrogen and oxygen atoms in total. The fourth-order valence-corrected chi connectivity index (χ4v) is 3.10. The van der Waals surface area contributed by atoms with Crippen molar-refractivity contribution in [1.29, 1.82) is 0 Å². The van der Waals surface area contributed by atoms with Crippen molar-refractivity contribution >= 4 is 5.91 Å². The molecule has 2 aromatic heterocycles. The van der Waals surface area contributed by atoms with Crippen LogP contribution in [0.15, 0.2) is 47.5 Å². The Hall–Kier alpha value is -3.00. The molecule has 1 aliphatic rings. The standard InChI is InChI=1S/C18H19N5O3/c1-12-6-16(26-22-12)7-14-8-25-9-17(14)21-18(24)13-2-4-15(5-3-13)23-10-19-20-11-23/h2-6,10-11,14,17H,7-9H2,1H3,(H,21,24)/t14-,17+/m1/s1. The predicted molar refractivity (Wildman–Crippen MR) is 91.9 cm³/mol. The summed E-state index contributed by atoms with van der Waals surface area (Å²) in [6.07, 6.45) is 3.92. The molecule has 1 saturated heterocycles. The second-order valence-corrected chi connectivity index (χ2v) is 6.43. The first kappa shape index (κ1) is 16.5. The molecule has 0 radical (unpaired) electrons. The lowest BCUT2D eigenvalue weighted by atomic mass is 9.98. The molecule has 0 aliphatic carbocycles. The summed E-state index contributed by atoms with van der Waals surface area (Å²) in [7, 11) is 0. The summed E-state index contributed by atoms with van der Waals surface area (Å²) in [5.74, 6) is 0.868. The normalized spacial score (nSPS) is 19.6. The molecule has 0 unspecified atom stereocenters. The maximum atomic E-state index is 12.6. The highest BCUT2D eigenvalue weighted by atomic mass is 16.5. The van der Waals surface area contributed by atoms with E-state index in [0.29, 0.717) is 25.2 Å². The van der Waals surface area contributed by atoms with E-state index < -0.39 is 0 Å². The van der Waals surface area contributed by atoms with Crippen LogP contribution in [0.4, 0.5) is 0 Å². The van der Waals surface area contributed by atoms with Gasteiger partial charge < -0.3 is 14.6 Å². The number of rotatable bonds is 5. The number of carbonyl (C=O) groups is 1. The van der Waals surface area contributed by atoms with Crippen molar-refractivity contribution in [2.24, 2.45) is 5.92 Å². The average Bonchev–Trinajstić information content (AvgIpc) is 3.39. The summed E-state index contributed by atoms with van der Waals surface area (Å²) >= 11 is 0. The Morgan fingerprint density at radius 1 is 1.23 bits per heavy atom. The summed E-state index contributed by atoms with van der Waals surface area (Å²) in [5, 5.41) is 14.5. The molecule has 1 aromatic carbocycles. The van der Waals surface area contributed by atoms with Crippen LogP contribution >= 0.6 is 0 Å². The predicted octanol–water partition coefficient (Wildman–Crippen LogP) is 1.55. The lowest BCUT2D eigenvalue weighted by molar-refractivity contribution is 0.0924. The molecule has 8 heteroatoms. The fourth-order valence-electron chi connectivity index (χ4n) is 3.10. The Morgan fingerprint density at radius 2 is 2.00 bits per heavy atom. The van der Waals surface area contributed by atoms with Crippen LogP contribution in [-0.4, -0.2) is 45.1 Å². The molecule has 0 saturated carbocycles. The van der Waals surface area contributed by atoms with E-state index in [-0.39, 0.29) is 17.9 Å². The van der Waals surface area contributed by atoms with Crippen molar-refractivity contribution in [3.05, 3.63) is 60.0 Å². The van der Waals surface area contributed by atoms with E-state index in [2.05, 4.69) is 20.7 Å². The summed E-state index contributed by atoms with van der Waals surface area (Å²) < 4.78 is 12.6. The monoisotopic (exact) mass is 353 g/mol. The third kappa shape index (κ3) is 3.50. The lowest BCUT2D eigenvalue weighted by Gasteiger charge is -2.18. The number of carbonyl (C=O) groups excluding carboxylic acids is 1. The molecule has 3 aromatic rings. The van der Waals surface area contributed by atoms with Crippen LogP contribution in [-0.2, 0) is 11.2 Å². The minimum absolute atomic E-state index is 0.0505. The van der Waals surface area contributed by atoms with Crippen molar-refractivity contribution in [3.63, 3.8) is 0 Å². The first-order valence-corrected chi connectivity index (χ1v) is 8.45. The van der Waals surface area contributed by atoms with Crippen molar-refractivity contribution in [2.45, 2.75) is 19.4 Å². The van der Waals surface area contributed by atoms with Gasteiger partial charge in [0.1, 0.15) is 18.4 Å². The number of amides is 1. The van der Waals surface area contributed by atoms with Crippen LogP contribution < -0.4 is 5.32 Å². The first-order valence-electron chi connectivity index (χ1n) is 8.45. The molecule has 1 aliphatic heterocycles. The molecule has 2 atom stereocenters. The minimum atomic E-state index is -0.116. The average molecular weight is 353 g/mol. The van der Waals surface area contributed by atoms with E-state index >= 15 is 0 Å². The highest BCUT2D eigenvalue weighted by Crippen LogP contribution is 2.20. The van der Waals surface area contributed by atoms with Gasteiger partial charge in [-0.05, 0) is 31.2 Å². The molecule has 1 N–H and O–H groups in total. The molecule has 3 heterocycles. The van der Waals surface area contributed by atoms with Gasteiger partial charge >= 0.3 is 0 Å². The van der Waals surface area contributed by atoms with Crippen LogP contribution in [0.2, 0.25) is 0 Å². The van der Waals surface area contributed by atoms with Gasteiger partial charge in [-0.3, -0.25) is 9.36 Å². The number of aromatic nitrogens is 4. The number of aryl methyl sites for hydroxylation is 1. The van der Waals surface area contributed by atoms with Gasteiger partial charge in [0.25, 0.3) is 5.91 Å². The first-order chi connectivity index (χ1) is 12.7. The van der Waals surface area contributed by atoms with Gasteiger partial charge in [0.05, 0.1) is 24.9 Å². The number of nitrogens with zero attached hydrogens (tertiary/aromatic N) is 4. The minimum Gasteiger partial charge on any atom is -0.379 e. The zero-order chi connectivity index (χ0) is 17.9. The quantitative estimate of drug-likeness (QED) is 0.748. The van der Waals surface area contributed by atoms with E-state index in [1.54, 1.807) is 29.4 Å². The van der Waals surface area contributed by atoms with Crippen LogP contribution in [0, 0.1) is 12.8 Å². The SMILES string of the molecule is Cc1cc(C[C@@H]2COC[C@@H]2NC(=O)c2ccc(-n3cnnc3)cc2)on1. The number of benzene rings is 1. The van der Waals surface area contributed by atoms with E-state index in [0.717, 1.165) is 17.1 Å². The number of ether oxygens (including phenoxy) is 1. The Balaban J connectivity index is 1.40. The third-order valence-corrected chi connectivity index (χ3v) is 4.50. The van der Waals surface area contributed by atoms with Crippen LogP contribution in [0.5, 0.6) is 0 Å². The van der Waals surface area contributed by atoms with Crippen molar-refractivity contribution in [3.8, 4) is 5.69 Å². The van der Waals surface area contributed by atoms with Gasteiger partial charge in [0.2, 0.25) is 0 Å². The number of hydrogen-bond donors (Lipinski definition) is 1. The van der Waals surface area contributed by atoms with E-state index in [1.807, 2.05) is 25.1 Å². The van der Waals surface area contributed by atoms with Crippen LogP contribution in [0.1, 0.15) is 21.8 Å². The molecule has 26 heavy (non-hydrogen) atoms.